The number of hydrogen-bond acceptors (Lipinski definition) is 7. The second-order valence-electron chi connectivity index (χ2n) is 6.38. The van der Waals surface area contributed by atoms with E-state index in [0.717, 1.165) is 4.31 Å². The standard InChI is InChI=1S/C16H23NO8S2/c1-11-6-14(24-3)7-12(2)16(11)27(22,23)17-4-5-26(20,21)10-13(17)8-25-9-15(18)19/h6-7,13H,4-5,8-10H2,1-3H3,(H,18,19). The maximum absolute atomic E-state index is 13.3. The molecular weight excluding hydrogens is 398 g/mol. The van der Waals surface area contributed by atoms with Crippen molar-refractivity contribution in [3.8, 4) is 5.75 Å². The number of aryl methyl sites for hydroxylation is 2. The highest BCUT2D eigenvalue weighted by molar-refractivity contribution is 7.92. The number of hydrogen-bond donors (Lipinski definition) is 1. The van der Waals surface area contributed by atoms with Crippen molar-refractivity contribution in [2.45, 2.75) is 24.8 Å². The SMILES string of the molecule is COc1cc(C)c(S(=O)(=O)N2CCS(=O)(=O)CC2COCC(=O)O)c(C)c1. The Balaban J connectivity index is 2.40. The maximum atomic E-state index is 13.3. The van der Waals surface area contributed by atoms with Gasteiger partial charge in [0.15, 0.2) is 9.84 Å². The first-order valence-corrected chi connectivity index (χ1v) is 11.4. The monoisotopic (exact) mass is 421 g/mol. The predicted octanol–water partition coefficient (Wildman–Crippen LogP) is 0.201. The van der Waals surface area contributed by atoms with Crippen LogP contribution in [0.2, 0.25) is 0 Å². The summed E-state index contributed by atoms with van der Waals surface area (Å²) in [5.41, 5.74) is 0.955. The fraction of sp³-hybridized carbons (Fsp3) is 0.562. The van der Waals surface area contributed by atoms with Crippen LogP contribution in [0.3, 0.4) is 0 Å². The van der Waals surface area contributed by atoms with Gasteiger partial charge in [-0.3, -0.25) is 0 Å². The van der Waals surface area contributed by atoms with Crippen molar-refractivity contribution in [2.75, 3.05) is 38.4 Å². The number of aliphatic carboxylic acids is 1. The van der Waals surface area contributed by atoms with Crippen molar-refractivity contribution >= 4 is 25.8 Å². The number of carbonyl (C=O) groups is 1. The summed E-state index contributed by atoms with van der Waals surface area (Å²) < 4.78 is 61.7. The van der Waals surface area contributed by atoms with Crippen molar-refractivity contribution < 1.29 is 36.2 Å². The van der Waals surface area contributed by atoms with E-state index < -0.39 is 44.2 Å². The number of benzene rings is 1. The highest BCUT2D eigenvalue weighted by Gasteiger charge is 2.40. The molecule has 1 aliphatic rings. The number of rotatable bonds is 7. The van der Waals surface area contributed by atoms with Gasteiger partial charge in [-0.2, -0.15) is 4.31 Å². The summed E-state index contributed by atoms with van der Waals surface area (Å²) >= 11 is 0. The summed E-state index contributed by atoms with van der Waals surface area (Å²) in [7, 11) is -5.98. The van der Waals surface area contributed by atoms with Gasteiger partial charge in [-0.05, 0) is 37.1 Å². The third kappa shape index (κ3) is 4.98. The van der Waals surface area contributed by atoms with Gasteiger partial charge in [-0.25, -0.2) is 21.6 Å². The van der Waals surface area contributed by atoms with E-state index in [1.54, 1.807) is 26.0 Å². The molecule has 11 heteroatoms. The fourth-order valence-electron chi connectivity index (χ4n) is 3.15. The molecule has 1 fully saturated rings. The van der Waals surface area contributed by atoms with Crippen LogP contribution >= 0.6 is 0 Å². The molecule has 0 aromatic heterocycles. The number of nitrogens with zero attached hydrogens (tertiary/aromatic N) is 1. The Hall–Kier alpha value is -1.69. The number of ether oxygens (including phenoxy) is 2. The van der Waals surface area contributed by atoms with Crippen LogP contribution < -0.4 is 4.74 Å². The summed E-state index contributed by atoms with van der Waals surface area (Å²) in [5.74, 6) is -1.41. The summed E-state index contributed by atoms with van der Waals surface area (Å²) in [6, 6.07) is 2.20. The highest BCUT2D eigenvalue weighted by atomic mass is 32.2. The van der Waals surface area contributed by atoms with Crippen molar-refractivity contribution in [3.63, 3.8) is 0 Å². The van der Waals surface area contributed by atoms with E-state index in [1.165, 1.54) is 7.11 Å². The Morgan fingerprint density at radius 1 is 1.30 bits per heavy atom. The number of sulfonamides is 1. The Kier molecular flexibility index (Phi) is 6.51. The van der Waals surface area contributed by atoms with Gasteiger partial charge in [0.05, 0.1) is 36.2 Å². The first kappa shape index (κ1) is 21.6. The molecule has 27 heavy (non-hydrogen) atoms. The lowest BCUT2D eigenvalue weighted by atomic mass is 10.1. The normalized spacial score (nSPS) is 20.3. The summed E-state index contributed by atoms with van der Waals surface area (Å²) in [4.78, 5) is 10.7. The topological polar surface area (TPSA) is 127 Å². The van der Waals surface area contributed by atoms with Gasteiger partial charge in [0, 0.05) is 6.54 Å². The highest BCUT2D eigenvalue weighted by Crippen LogP contribution is 2.30. The summed E-state index contributed by atoms with van der Waals surface area (Å²) in [5, 5.41) is 8.68. The van der Waals surface area contributed by atoms with Gasteiger partial charge < -0.3 is 14.6 Å². The van der Waals surface area contributed by atoms with Crippen LogP contribution in [0.5, 0.6) is 5.75 Å². The third-order valence-corrected chi connectivity index (χ3v) is 8.20. The van der Waals surface area contributed by atoms with Crippen LogP contribution in [0.25, 0.3) is 0 Å². The Morgan fingerprint density at radius 3 is 2.41 bits per heavy atom. The van der Waals surface area contributed by atoms with Gasteiger partial charge >= 0.3 is 5.97 Å². The zero-order valence-electron chi connectivity index (χ0n) is 15.3. The van der Waals surface area contributed by atoms with E-state index in [0.29, 0.717) is 16.9 Å². The molecule has 0 bridgehead atoms. The minimum absolute atomic E-state index is 0.0887. The zero-order chi connectivity index (χ0) is 20.4. The summed E-state index contributed by atoms with van der Waals surface area (Å²) in [6.07, 6.45) is 0. The molecule has 2 rings (SSSR count). The van der Waals surface area contributed by atoms with Crippen LogP contribution in [-0.4, -0.2) is 76.6 Å². The van der Waals surface area contributed by atoms with Crippen molar-refractivity contribution in [3.05, 3.63) is 23.3 Å². The molecule has 1 saturated heterocycles. The molecule has 0 saturated carbocycles. The largest absolute Gasteiger partial charge is 0.497 e. The molecule has 152 valence electrons. The van der Waals surface area contributed by atoms with Crippen LogP contribution in [0, 0.1) is 13.8 Å². The smallest absolute Gasteiger partial charge is 0.329 e. The number of methoxy groups -OCH3 is 1. The van der Waals surface area contributed by atoms with E-state index in [-0.39, 0.29) is 23.8 Å². The number of sulfone groups is 1. The van der Waals surface area contributed by atoms with E-state index >= 15 is 0 Å². The van der Waals surface area contributed by atoms with Gasteiger partial charge in [-0.15, -0.1) is 0 Å². The molecule has 1 unspecified atom stereocenters. The van der Waals surface area contributed by atoms with Gasteiger partial charge in [0.25, 0.3) is 0 Å². The zero-order valence-corrected chi connectivity index (χ0v) is 17.0. The molecule has 1 N–H and O–H groups in total. The lowest BCUT2D eigenvalue weighted by Crippen LogP contribution is -2.53. The van der Waals surface area contributed by atoms with E-state index in [9.17, 15) is 21.6 Å². The molecule has 0 spiro atoms. The molecule has 1 aromatic rings. The molecule has 0 aliphatic carbocycles. The van der Waals surface area contributed by atoms with Crippen LogP contribution in [0.15, 0.2) is 17.0 Å². The molecular formula is C16H23NO8S2. The summed E-state index contributed by atoms with van der Waals surface area (Å²) in [6.45, 7) is 2.11. The quantitative estimate of drug-likeness (QED) is 0.661. The average Bonchev–Trinajstić information content (AvgIpc) is 2.52. The Morgan fingerprint density at radius 2 is 1.89 bits per heavy atom. The first-order chi connectivity index (χ1) is 12.5. The second-order valence-corrected chi connectivity index (χ2v) is 10.4. The lowest BCUT2D eigenvalue weighted by Gasteiger charge is -2.34. The molecule has 9 nitrogen and oxygen atoms in total. The van der Waals surface area contributed by atoms with Gasteiger partial charge in [0.1, 0.15) is 12.4 Å². The first-order valence-electron chi connectivity index (χ1n) is 8.15. The Labute approximate surface area is 158 Å². The predicted molar refractivity (Wildman–Crippen MR) is 97.3 cm³/mol. The molecule has 1 aromatic carbocycles. The van der Waals surface area contributed by atoms with E-state index in [4.69, 9.17) is 14.6 Å². The van der Waals surface area contributed by atoms with Crippen LogP contribution in [-0.2, 0) is 29.4 Å². The van der Waals surface area contributed by atoms with Gasteiger partial charge in [0.2, 0.25) is 10.0 Å². The minimum atomic E-state index is -4.01. The van der Waals surface area contributed by atoms with Crippen LogP contribution in [0.1, 0.15) is 11.1 Å². The second kappa shape index (κ2) is 8.13. The maximum Gasteiger partial charge on any atom is 0.329 e. The van der Waals surface area contributed by atoms with E-state index in [2.05, 4.69) is 0 Å². The minimum Gasteiger partial charge on any atom is -0.497 e. The molecule has 0 radical (unpaired) electrons. The van der Waals surface area contributed by atoms with Gasteiger partial charge in [-0.1, -0.05) is 0 Å². The molecule has 1 aliphatic heterocycles. The van der Waals surface area contributed by atoms with Crippen molar-refractivity contribution in [1.82, 2.24) is 4.31 Å². The molecule has 1 atom stereocenters. The third-order valence-electron chi connectivity index (χ3n) is 4.25. The van der Waals surface area contributed by atoms with Crippen LogP contribution in [0.4, 0.5) is 0 Å². The number of carboxylic acid groups (broad SMARTS) is 1. The molecule has 1 heterocycles. The molecule has 0 amide bonds. The van der Waals surface area contributed by atoms with E-state index in [1.807, 2.05) is 0 Å². The van der Waals surface area contributed by atoms with Crippen molar-refractivity contribution in [1.29, 1.82) is 0 Å². The fourth-order valence-corrected chi connectivity index (χ4v) is 6.89. The average molecular weight is 421 g/mol. The lowest BCUT2D eigenvalue weighted by molar-refractivity contribution is -0.142. The number of carboxylic acids is 1. The van der Waals surface area contributed by atoms with Crippen molar-refractivity contribution in [2.24, 2.45) is 0 Å². The Bertz CT molecular complexity index is 901.